The van der Waals surface area contributed by atoms with Crippen LogP contribution in [0.25, 0.3) is 5.69 Å². The summed E-state index contributed by atoms with van der Waals surface area (Å²) in [6, 6.07) is 12.8. The lowest BCUT2D eigenvalue weighted by Crippen LogP contribution is -2.14. The largest absolute Gasteiger partial charge is 0.454 e. The predicted octanol–water partition coefficient (Wildman–Crippen LogP) is 1.57. The summed E-state index contributed by atoms with van der Waals surface area (Å²) in [6.07, 6.45) is 1.74. The van der Waals surface area contributed by atoms with Gasteiger partial charge in [-0.15, -0.1) is 5.10 Å². The number of carbonyl (C=O) groups is 1. The van der Waals surface area contributed by atoms with Crippen molar-refractivity contribution in [2.24, 2.45) is 0 Å². The van der Waals surface area contributed by atoms with Crippen LogP contribution in [-0.2, 0) is 11.2 Å². The van der Waals surface area contributed by atoms with E-state index in [1.54, 1.807) is 6.07 Å². The van der Waals surface area contributed by atoms with Crippen LogP contribution in [0.3, 0.4) is 0 Å². The van der Waals surface area contributed by atoms with E-state index in [9.17, 15) is 4.79 Å². The number of nitrogens with zero attached hydrogens (tertiary/aromatic N) is 4. The Balaban J connectivity index is 1.45. The third-order valence-corrected chi connectivity index (χ3v) is 3.55. The van der Waals surface area contributed by atoms with Crippen molar-refractivity contribution < 1.29 is 14.3 Å². The fraction of sp³-hybridized carbons (Fsp3) is 0.125. The molecule has 8 nitrogen and oxygen atoms in total. The lowest BCUT2D eigenvalue weighted by molar-refractivity contribution is -0.115. The van der Waals surface area contributed by atoms with E-state index in [0.717, 1.165) is 11.3 Å². The molecule has 0 atom stereocenters. The minimum atomic E-state index is -0.122. The highest BCUT2D eigenvalue weighted by molar-refractivity contribution is 5.92. The summed E-state index contributed by atoms with van der Waals surface area (Å²) >= 11 is 0. The highest BCUT2D eigenvalue weighted by atomic mass is 16.7. The van der Waals surface area contributed by atoms with E-state index in [0.29, 0.717) is 17.2 Å². The topological polar surface area (TPSA) is 91.2 Å². The van der Waals surface area contributed by atoms with Gasteiger partial charge in [0.15, 0.2) is 11.5 Å². The quantitative estimate of drug-likeness (QED) is 0.784. The molecule has 24 heavy (non-hydrogen) atoms. The van der Waals surface area contributed by atoms with E-state index in [1.165, 1.54) is 11.0 Å². The summed E-state index contributed by atoms with van der Waals surface area (Å²) in [5.74, 6) is 1.25. The van der Waals surface area contributed by atoms with Crippen molar-refractivity contribution in [2.75, 3.05) is 12.1 Å². The third kappa shape index (κ3) is 2.89. The highest BCUT2D eigenvalue weighted by Gasteiger charge is 2.14. The van der Waals surface area contributed by atoms with Crippen molar-refractivity contribution in [1.82, 2.24) is 20.2 Å². The summed E-state index contributed by atoms with van der Waals surface area (Å²) in [5.41, 5.74) is 2.29. The van der Waals surface area contributed by atoms with E-state index in [4.69, 9.17) is 9.47 Å². The van der Waals surface area contributed by atoms with Crippen LogP contribution in [0, 0.1) is 0 Å². The molecule has 1 amide bonds. The van der Waals surface area contributed by atoms with Gasteiger partial charge in [-0.05, 0) is 46.3 Å². The summed E-state index contributed by atoms with van der Waals surface area (Å²) in [5, 5.41) is 13.9. The molecule has 3 aromatic rings. The zero-order valence-electron chi connectivity index (χ0n) is 12.5. The van der Waals surface area contributed by atoms with E-state index < -0.39 is 0 Å². The normalized spacial score (nSPS) is 12.2. The van der Waals surface area contributed by atoms with E-state index in [2.05, 4.69) is 20.8 Å². The minimum absolute atomic E-state index is 0.122. The fourth-order valence-corrected chi connectivity index (χ4v) is 2.45. The number of benzene rings is 2. The molecular weight excluding hydrogens is 310 g/mol. The van der Waals surface area contributed by atoms with E-state index in [1.807, 2.05) is 36.4 Å². The second kappa shape index (κ2) is 5.99. The number of nitrogens with one attached hydrogen (secondary N) is 1. The van der Waals surface area contributed by atoms with Gasteiger partial charge >= 0.3 is 0 Å². The van der Waals surface area contributed by atoms with Crippen molar-refractivity contribution in [3.63, 3.8) is 0 Å². The SMILES string of the molecule is O=C(Cc1ccc2c(c1)OCO2)Nc1cccc(-n2cnnn2)c1. The first-order chi connectivity index (χ1) is 11.8. The number of rotatable bonds is 4. The average molecular weight is 323 g/mol. The Hall–Kier alpha value is -3.42. The van der Waals surface area contributed by atoms with Gasteiger partial charge in [0.05, 0.1) is 12.1 Å². The summed E-state index contributed by atoms with van der Waals surface area (Å²) in [7, 11) is 0. The molecule has 0 spiro atoms. The minimum Gasteiger partial charge on any atom is -0.454 e. The van der Waals surface area contributed by atoms with Crippen LogP contribution in [0.15, 0.2) is 48.8 Å². The number of amides is 1. The lowest BCUT2D eigenvalue weighted by atomic mass is 10.1. The van der Waals surface area contributed by atoms with Gasteiger partial charge < -0.3 is 14.8 Å². The molecule has 0 bridgehead atoms. The molecule has 1 aromatic heterocycles. The summed E-state index contributed by atoms with van der Waals surface area (Å²) < 4.78 is 12.1. The number of fused-ring (bicyclic) bond motifs is 1. The van der Waals surface area contributed by atoms with E-state index >= 15 is 0 Å². The zero-order chi connectivity index (χ0) is 16.4. The number of ether oxygens (including phenoxy) is 2. The Labute approximate surface area is 137 Å². The average Bonchev–Trinajstić information content (AvgIpc) is 3.26. The Morgan fingerprint density at radius 1 is 1.17 bits per heavy atom. The maximum atomic E-state index is 12.2. The number of hydrogen-bond acceptors (Lipinski definition) is 6. The van der Waals surface area contributed by atoms with Crippen LogP contribution in [-0.4, -0.2) is 32.9 Å². The maximum Gasteiger partial charge on any atom is 0.231 e. The van der Waals surface area contributed by atoms with Crippen LogP contribution in [0.1, 0.15) is 5.56 Å². The molecule has 120 valence electrons. The first-order valence-corrected chi connectivity index (χ1v) is 7.30. The van der Waals surface area contributed by atoms with Crippen LogP contribution in [0.4, 0.5) is 5.69 Å². The second-order valence-electron chi connectivity index (χ2n) is 5.22. The van der Waals surface area contributed by atoms with Gasteiger partial charge in [-0.25, -0.2) is 4.68 Å². The Kier molecular flexibility index (Phi) is 3.54. The molecule has 1 N–H and O–H groups in total. The molecule has 2 aromatic carbocycles. The second-order valence-corrected chi connectivity index (χ2v) is 5.22. The number of aromatic nitrogens is 4. The lowest BCUT2D eigenvalue weighted by Gasteiger charge is -2.07. The van der Waals surface area contributed by atoms with Gasteiger partial charge in [-0.2, -0.15) is 0 Å². The first-order valence-electron chi connectivity index (χ1n) is 7.30. The van der Waals surface area contributed by atoms with Crippen molar-refractivity contribution in [3.05, 3.63) is 54.4 Å². The fourth-order valence-electron chi connectivity index (χ4n) is 2.45. The first kappa shape index (κ1) is 14.2. The van der Waals surface area contributed by atoms with Crippen molar-refractivity contribution in [1.29, 1.82) is 0 Å². The molecule has 0 saturated heterocycles. The molecule has 0 unspecified atom stereocenters. The van der Waals surface area contributed by atoms with Crippen LogP contribution >= 0.6 is 0 Å². The monoisotopic (exact) mass is 323 g/mol. The van der Waals surface area contributed by atoms with E-state index in [-0.39, 0.29) is 19.1 Å². The van der Waals surface area contributed by atoms with Crippen molar-refractivity contribution >= 4 is 11.6 Å². The van der Waals surface area contributed by atoms with Gasteiger partial charge in [0.2, 0.25) is 12.7 Å². The molecule has 0 saturated carbocycles. The van der Waals surface area contributed by atoms with Gasteiger partial charge in [0, 0.05) is 5.69 Å². The van der Waals surface area contributed by atoms with Crippen LogP contribution < -0.4 is 14.8 Å². The number of tetrazole rings is 1. The zero-order valence-corrected chi connectivity index (χ0v) is 12.5. The number of carbonyl (C=O) groups excluding carboxylic acids is 1. The Morgan fingerprint density at radius 2 is 2.08 bits per heavy atom. The van der Waals surface area contributed by atoms with Crippen LogP contribution in [0.5, 0.6) is 11.5 Å². The summed E-state index contributed by atoms with van der Waals surface area (Å²) in [6.45, 7) is 0.217. The molecular formula is C16H13N5O3. The smallest absolute Gasteiger partial charge is 0.231 e. The number of anilines is 1. The van der Waals surface area contributed by atoms with Crippen molar-refractivity contribution in [2.45, 2.75) is 6.42 Å². The van der Waals surface area contributed by atoms with Gasteiger partial charge in [0.25, 0.3) is 0 Å². The Bertz CT molecular complexity index is 879. The van der Waals surface area contributed by atoms with Crippen molar-refractivity contribution in [3.8, 4) is 17.2 Å². The maximum absolute atomic E-state index is 12.2. The molecule has 4 rings (SSSR count). The summed E-state index contributed by atoms with van der Waals surface area (Å²) in [4.78, 5) is 12.2. The molecule has 0 radical (unpaired) electrons. The molecule has 2 heterocycles. The van der Waals surface area contributed by atoms with Gasteiger partial charge in [-0.1, -0.05) is 12.1 Å². The molecule has 1 aliphatic heterocycles. The number of hydrogen-bond donors (Lipinski definition) is 1. The Morgan fingerprint density at radius 3 is 2.96 bits per heavy atom. The molecule has 0 aliphatic carbocycles. The predicted molar refractivity (Wildman–Crippen MR) is 84.1 cm³/mol. The van der Waals surface area contributed by atoms with Gasteiger partial charge in [-0.3, -0.25) is 4.79 Å². The van der Waals surface area contributed by atoms with Gasteiger partial charge in [0.1, 0.15) is 6.33 Å². The third-order valence-electron chi connectivity index (χ3n) is 3.55. The van der Waals surface area contributed by atoms with Crippen LogP contribution in [0.2, 0.25) is 0 Å². The standard InChI is InChI=1S/C16H13N5O3/c22-16(7-11-4-5-14-15(6-11)24-10-23-14)18-12-2-1-3-13(8-12)21-9-17-19-20-21/h1-6,8-9H,7,10H2,(H,18,22). The molecule has 8 heteroatoms. The molecule has 1 aliphatic rings. The highest BCUT2D eigenvalue weighted by Crippen LogP contribution is 2.32. The molecule has 0 fully saturated rings.